The molecule has 1 unspecified atom stereocenters. The average molecular weight is 579 g/mol. The molecule has 0 aliphatic heterocycles. The molecule has 198 valence electrons. The van der Waals surface area contributed by atoms with Crippen LogP contribution in [-0.4, -0.2) is 57.6 Å². The second-order valence-corrected chi connectivity index (χ2v) is 11.2. The summed E-state index contributed by atoms with van der Waals surface area (Å²) in [5.74, 6) is -0.247. The number of likely N-dealkylation sites (N-methyl/N-ethyl adjacent to an activating group) is 1. The number of rotatable bonds is 12. The highest BCUT2D eigenvalue weighted by Crippen LogP contribution is 2.31. The lowest BCUT2D eigenvalue weighted by Gasteiger charge is -2.30. The molecule has 1 atom stereocenters. The first-order valence-corrected chi connectivity index (χ1v) is 14.2. The molecule has 2 aromatic rings. The number of ether oxygens (including phenoxy) is 1. The van der Waals surface area contributed by atoms with E-state index in [0.717, 1.165) is 6.26 Å². The lowest BCUT2D eigenvalue weighted by molar-refractivity contribution is -0.140. The average Bonchev–Trinajstić information content (AvgIpc) is 2.80. The van der Waals surface area contributed by atoms with Gasteiger partial charge in [0.1, 0.15) is 11.8 Å². The number of carbonyl (C=O) groups excluding carboxylic acids is 2. The molecule has 0 aliphatic carbocycles. The van der Waals surface area contributed by atoms with Crippen LogP contribution in [0.3, 0.4) is 0 Å². The zero-order chi connectivity index (χ0) is 27.0. The summed E-state index contributed by atoms with van der Waals surface area (Å²) in [4.78, 5) is 27.2. The molecule has 0 saturated heterocycles. The molecule has 1 N–H and O–H groups in total. The van der Waals surface area contributed by atoms with Gasteiger partial charge in [-0.3, -0.25) is 13.9 Å². The van der Waals surface area contributed by atoms with E-state index in [2.05, 4.69) is 5.32 Å². The first-order chi connectivity index (χ1) is 16.9. The number of hydrogen-bond acceptors (Lipinski definition) is 5. The molecule has 0 aliphatic rings. The van der Waals surface area contributed by atoms with Crippen LogP contribution < -0.4 is 14.4 Å². The van der Waals surface area contributed by atoms with Crippen LogP contribution in [0.2, 0.25) is 15.1 Å². The van der Waals surface area contributed by atoms with Gasteiger partial charge >= 0.3 is 0 Å². The van der Waals surface area contributed by atoms with Crippen molar-refractivity contribution in [3.63, 3.8) is 0 Å². The highest BCUT2D eigenvalue weighted by atomic mass is 35.5. The van der Waals surface area contributed by atoms with Crippen LogP contribution in [0.4, 0.5) is 5.69 Å². The molecule has 2 aromatic carbocycles. The smallest absolute Gasteiger partial charge is 0.242 e. The number of hydrogen-bond donors (Lipinski definition) is 1. The van der Waals surface area contributed by atoms with E-state index in [1.165, 1.54) is 22.4 Å². The summed E-state index contributed by atoms with van der Waals surface area (Å²) in [6.07, 6.45) is 1.27. The van der Waals surface area contributed by atoms with Gasteiger partial charge in [-0.1, -0.05) is 40.9 Å². The molecule has 0 aromatic heterocycles. The molecule has 0 bridgehead atoms. The zero-order valence-electron chi connectivity index (χ0n) is 20.6. The van der Waals surface area contributed by atoms with Gasteiger partial charge in [-0.25, -0.2) is 8.42 Å². The third-order valence-corrected chi connectivity index (χ3v) is 7.68. The van der Waals surface area contributed by atoms with Crippen LogP contribution >= 0.6 is 34.8 Å². The largest absolute Gasteiger partial charge is 0.495 e. The molecule has 0 spiro atoms. The van der Waals surface area contributed by atoms with Gasteiger partial charge in [0.05, 0.1) is 24.1 Å². The second kappa shape index (κ2) is 13.4. The number of nitrogens with zero attached hydrogens (tertiary/aromatic N) is 2. The van der Waals surface area contributed by atoms with Crippen LogP contribution in [-0.2, 0) is 26.2 Å². The van der Waals surface area contributed by atoms with Crippen molar-refractivity contribution in [1.82, 2.24) is 10.2 Å². The van der Waals surface area contributed by atoms with Gasteiger partial charge < -0.3 is 15.0 Å². The monoisotopic (exact) mass is 577 g/mol. The van der Waals surface area contributed by atoms with Crippen molar-refractivity contribution in [2.24, 2.45) is 0 Å². The number of sulfonamides is 1. The molecular formula is C24H30Cl3N3O5S. The Hall–Kier alpha value is -2.20. The van der Waals surface area contributed by atoms with Crippen molar-refractivity contribution in [3.8, 4) is 5.75 Å². The first kappa shape index (κ1) is 30.0. The van der Waals surface area contributed by atoms with E-state index in [0.29, 0.717) is 33.6 Å². The fourth-order valence-corrected chi connectivity index (χ4v) is 5.30. The SMILES string of the molecule is CCNC(=O)C(C)N(Cc1c(Cl)cccc1Cl)C(=O)CCCN(c1ccc(OC)c(Cl)c1)S(C)(=O)=O. The molecule has 0 saturated carbocycles. The fraction of sp³-hybridized carbons (Fsp3) is 0.417. The predicted octanol–water partition coefficient (Wildman–Crippen LogP) is 4.76. The normalized spacial score (nSPS) is 12.1. The summed E-state index contributed by atoms with van der Waals surface area (Å²) >= 11 is 18.8. The Morgan fingerprint density at radius 3 is 2.25 bits per heavy atom. The standard InChI is InChI=1S/C24H30Cl3N3O5S/c1-5-28-24(32)16(2)29(15-18-19(25)8-6-9-20(18)26)23(31)10-7-13-30(36(4,33)34)17-11-12-22(35-3)21(27)14-17/h6,8-9,11-12,14,16H,5,7,10,13,15H2,1-4H3,(H,28,32). The quantitative estimate of drug-likeness (QED) is 0.392. The van der Waals surface area contributed by atoms with Crippen molar-refractivity contribution >= 4 is 62.3 Å². The predicted molar refractivity (Wildman–Crippen MR) is 145 cm³/mol. The minimum absolute atomic E-state index is 0.0122. The second-order valence-electron chi connectivity index (χ2n) is 8.05. The van der Waals surface area contributed by atoms with Crippen molar-refractivity contribution < 1.29 is 22.7 Å². The molecular weight excluding hydrogens is 549 g/mol. The van der Waals surface area contributed by atoms with E-state index in [1.54, 1.807) is 44.2 Å². The number of benzene rings is 2. The van der Waals surface area contributed by atoms with Gasteiger partial charge in [0.15, 0.2) is 0 Å². The Kier molecular flexibility index (Phi) is 11.2. The molecule has 0 fully saturated rings. The van der Waals surface area contributed by atoms with E-state index in [1.807, 2.05) is 0 Å². The summed E-state index contributed by atoms with van der Waals surface area (Å²) in [7, 11) is -2.20. The Labute approximate surface area is 227 Å². The maximum Gasteiger partial charge on any atom is 0.242 e. The Morgan fingerprint density at radius 2 is 1.72 bits per heavy atom. The van der Waals surface area contributed by atoms with Crippen LogP contribution in [0.5, 0.6) is 5.75 Å². The van der Waals surface area contributed by atoms with Gasteiger partial charge in [-0.05, 0) is 50.6 Å². The van der Waals surface area contributed by atoms with Crippen LogP contribution in [0.15, 0.2) is 36.4 Å². The van der Waals surface area contributed by atoms with Gasteiger partial charge in [0.25, 0.3) is 0 Å². The molecule has 36 heavy (non-hydrogen) atoms. The number of amides is 2. The highest BCUT2D eigenvalue weighted by Gasteiger charge is 2.27. The van der Waals surface area contributed by atoms with Crippen LogP contribution in [0.1, 0.15) is 32.3 Å². The van der Waals surface area contributed by atoms with Crippen molar-refractivity contribution in [2.75, 3.05) is 30.8 Å². The number of halogens is 3. The third-order valence-electron chi connectivity index (χ3n) is 5.48. The van der Waals surface area contributed by atoms with E-state index in [9.17, 15) is 18.0 Å². The topological polar surface area (TPSA) is 96.0 Å². The van der Waals surface area contributed by atoms with Gasteiger partial charge in [0.2, 0.25) is 21.8 Å². The van der Waals surface area contributed by atoms with Gasteiger partial charge in [-0.2, -0.15) is 0 Å². The number of carbonyl (C=O) groups is 2. The summed E-state index contributed by atoms with van der Waals surface area (Å²) in [6.45, 7) is 3.87. The van der Waals surface area contributed by atoms with E-state index < -0.39 is 16.1 Å². The third kappa shape index (κ3) is 7.90. The Morgan fingerprint density at radius 1 is 1.08 bits per heavy atom. The summed E-state index contributed by atoms with van der Waals surface area (Å²) in [5.41, 5.74) is 0.877. The molecule has 0 heterocycles. The number of methoxy groups -OCH3 is 1. The zero-order valence-corrected chi connectivity index (χ0v) is 23.6. The molecule has 12 heteroatoms. The van der Waals surface area contributed by atoms with Crippen molar-refractivity contribution in [1.29, 1.82) is 0 Å². The van der Waals surface area contributed by atoms with Gasteiger partial charge in [-0.15, -0.1) is 0 Å². The van der Waals surface area contributed by atoms with Crippen LogP contribution in [0.25, 0.3) is 0 Å². The maximum atomic E-state index is 13.3. The first-order valence-electron chi connectivity index (χ1n) is 11.2. The Bertz CT molecular complexity index is 1170. The maximum absolute atomic E-state index is 13.3. The molecule has 0 radical (unpaired) electrons. The number of nitrogens with one attached hydrogen (secondary N) is 1. The van der Waals surface area contributed by atoms with E-state index in [4.69, 9.17) is 39.5 Å². The molecule has 2 amide bonds. The summed E-state index contributed by atoms with van der Waals surface area (Å²) in [6, 6.07) is 8.86. The van der Waals surface area contributed by atoms with Gasteiger partial charge in [0, 0.05) is 41.7 Å². The lowest BCUT2D eigenvalue weighted by atomic mass is 10.1. The molecule has 8 nitrogen and oxygen atoms in total. The van der Waals surface area contributed by atoms with Crippen molar-refractivity contribution in [2.45, 2.75) is 39.3 Å². The van der Waals surface area contributed by atoms with Crippen LogP contribution in [0, 0.1) is 0 Å². The molecule has 2 rings (SSSR count). The van der Waals surface area contributed by atoms with Crippen molar-refractivity contribution in [3.05, 3.63) is 57.0 Å². The number of anilines is 1. The van der Waals surface area contributed by atoms with E-state index in [-0.39, 0.29) is 42.8 Å². The minimum Gasteiger partial charge on any atom is -0.495 e. The summed E-state index contributed by atoms with van der Waals surface area (Å²) in [5, 5.41) is 3.73. The Balaban J connectivity index is 2.23. The fourth-order valence-electron chi connectivity index (χ4n) is 3.57. The highest BCUT2D eigenvalue weighted by molar-refractivity contribution is 7.92. The summed E-state index contributed by atoms with van der Waals surface area (Å²) < 4.78 is 31.2. The lowest BCUT2D eigenvalue weighted by Crippen LogP contribution is -2.47. The minimum atomic E-state index is -3.66. The van der Waals surface area contributed by atoms with E-state index >= 15 is 0 Å².